The third-order valence-corrected chi connectivity index (χ3v) is 1.86. The van der Waals surface area contributed by atoms with E-state index in [2.05, 4.69) is 0 Å². The molecule has 2 heteroatoms. The zero-order valence-corrected chi connectivity index (χ0v) is 6.52. The van der Waals surface area contributed by atoms with Crippen molar-refractivity contribution in [1.29, 1.82) is 5.26 Å². The molecule has 0 aromatic carbocycles. The van der Waals surface area contributed by atoms with E-state index < -0.39 is 0 Å². The molecule has 1 rings (SSSR count). The van der Waals surface area contributed by atoms with Crippen LogP contribution in [0.1, 0.15) is 26.2 Å². The lowest BCUT2D eigenvalue weighted by Gasteiger charge is -2.10. The van der Waals surface area contributed by atoms with E-state index in [1.165, 1.54) is 0 Å². The third-order valence-electron chi connectivity index (χ3n) is 1.86. The van der Waals surface area contributed by atoms with Crippen LogP contribution in [0.15, 0.2) is 23.0 Å². The van der Waals surface area contributed by atoms with Gasteiger partial charge < -0.3 is 0 Å². The van der Waals surface area contributed by atoms with Gasteiger partial charge in [-0.25, -0.2) is 4.39 Å². The summed E-state index contributed by atoms with van der Waals surface area (Å²) >= 11 is 0. The second kappa shape index (κ2) is 3.34. The molecule has 1 nitrogen and oxygen atoms in total. The van der Waals surface area contributed by atoms with Crippen LogP contribution in [0.4, 0.5) is 4.39 Å². The first-order valence-electron chi connectivity index (χ1n) is 3.77. The molecule has 0 unspecified atom stereocenters. The average molecular weight is 151 g/mol. The molecule has 0 radical (unpaired) electrons. The second-order valence-electron chi connectivity index (χ2n) is 2.51. The maximum absolute atomic E-state index is 12.9. The summed E-state index contributed by atoms with van der Waals surface area (Å²) in [5, 5.41) is 8.61. The predicted octanol–water partition coefficient (Wildman–Crippen LogP) is 2.86. The Labute approximate surface area is 65.8 Å². The van der Waals surface area contributed by atoms with Gasteiger partial charge in [-0.1, -0.05) is 6.92 Å². The van der Waals surface area contributed by atoms with Gasteiger partial charge in [0, 0.05) is 11.1 Å². The molecule has 0 amide bonds. The molecule has 0 spiro atoms. The predicted molar refractivity (Wildman–Crippen MR) is 41.4 cm³/mol. The Morgan fingerprint density at radius 2 is 2.45 bits per heavy atom. The van der Waals surface area contributed by atoms with Gasteiger partial charge in [0.05, 0.1) is 6.07 Å². The highest BCUT2D eigenvalue weighted by atomic mass is 19.1. The van der Waals surface area contributed by atoms with Crippen LogP contribution in [0.2, 0.25) is 0 Å². The van der Waals surface area contributed by atoms with Crippen molar-refractivity contribution in [1.82, 2.24) is 0 Å². The Hall–Kier alpha value is -1.10. The molecule has 0 heterocycles. The van der Waals surface area contributed by atoms with E-state index in [9.17, 15) is 4.39 Å². The first-order chi connectivity index (χ1) is 5.29. The molecule has 1 aliphatic carbocycles. The SMILES string of the molecule is CCC1=C(C#N)CCC=C1F. The Kier molecular flexibility index (Phi) is 2.43. The molecule has 0 atom stereocenters. The lowest BCUT2D eigenvalue weighted by atomic mass is 9.96. The lowest BCUT2D eigenvalue weighted by molar-refractivity contribution is 0.622. The van der Waals surface area contributed by atoms with Crippen molar-refractivity contribution in [3.05, 3.63) is 23.0 Å². The molecule has 0 bridgehead atoms. The first-order valence-corrected chi connectivity index (χ1v) is 3.77. The molecule has 58 valence electrons. The molecule has 0 N–H and O–H groups in total. The summed E-state index contributed by atoms with van der Waals surface area (Å²) < 4.78 is 12.9. The molecular weight excluding hydrogens is 141 g/mol. The quantitative estimate of drug-likeness (QED) is 0.565. The van der Waals surface area contributed by atoms with Gasteiger partial charge in [-0.3, -0.25) is 0 Å². The number of nitriles is 1. The van der Waals surface area contributed by atoms with E-state index in [1.54, 1.807) is 6.08 Å². The van der Waals surface area contributed by atoms with Crippen LogP contribution in [0.5, 0.6) is 0 Å². The van der Waals surface area contributed by atoms with Crippen molar-refractivity contribution in [3.63, 3.8) is 0 Å². The highest BCUT2D eigenvalue weighted by Crippen LogP contribution is 2.27. The van der Waals surface area contributed by atoms with Gasteiger partial charge in [0.25, 0.3) is 0 Å². The molecule has 0 aromatic rings. The summed E-state index contributed by atoms with van der Waals surface area (Å²) in [6, 6.07) is 2.03. The summed E-state index contributed by atoms with van der Waals surface area (Å²) in [6.07, 6.45) is 3.54. The second-order valence-corrected chi connectivity index (χ2v) is 2.51. The fraction of sp³-hybridized carbons (Fsp3) is 0.444. The Bertz CT molecular complexity index is 255. The number of hydrogen-bond acceptors (Lipinski definition) is 1. The fourth-order valence-electron chi connectivity index (χ4n) is 1.27. The van der Waals surface area contributed by atoms with E-state index in [-0.39, 0.29) is 5.83 Å². The molecule has 0 saturated heterocycles. The lowest BCUT2D eigenvalue weighted by Crippen LogP contribution is -1.95. The number of halogens is 1. The largest absolute Gasteiger partial charge is 0.207 e. The van der Waals surface area contributed by atoms with E-state index >= 15 is 0 Å². The van der Waals surface area contributed by atoms with Gasteiger partial charge in [-0.2, -0.15) is 5.26 Å². The minimum absolute atomic E-state index is 0.199. The van der Waals surface area contributed by atoms with Crippen molar-refractivity contribution < 1.29 is 4.39 Å². The van der Waals surface area contributed by atoms with Crippen LogP contribution in [0, 0.1) is 11.3 Å². The molecule has 0 aliphatic heterocycles. The van der Waals surface area contributed by atoms with Gasteiger partial charge >= 0.3 is 0 Å². The zero-order valence-electron chi connectivity index (χ0n) is 6.52. The summed E-state index contributed by atoms with van der Waals surface area (Å²) in [4.78, 5) is 0. The monoisotopic (exact) mass is 151 g/mol. The summed E-state index contributed by atoms with van der Waals surface area (Å²) in [5.41, 5.74) is 1.21. The Morgan fingerprint density at radius 1 is 1.73 bits per heavy atom. The maximum atomic E-state index is 12.9. The molecule has 0 fully saturated rings. The van der Waals surface area contributed by atoms with Crippen LogP contribution >= 0.6 is 0 Å². The normalized spacial score (nSPS) is 17.7. The average Bonchev–Trinajstić information content (AvgIpc) is 2.04. The van der Waals surface area contributed by atoms with Crippen molar-refractivity contribution in [2.75, 3.05) is 0 Å². The van der Waals surface area contributed by atoms with Gasteiger partial charge in [0.2, 0.25) is 0 Å². The van der Waals surface area contributed by atoms with Crippen LogP contribution < -0.4 is 0 Å². The van der Waals surface area contributed by atoms with Crippen molar-refractivity contribution in [2.45, 2.75) is 26.2 Å². The van der Waals surface area contributed by atoms with Crippen molar-refractivity contribution in [3.8, 4) is 6.07 Å². The minimum Gasteiger partial charge on any atom is -0.207 e. The van der Waals surface area contributed by atoms with Crippen molar-refractivity contribution in [2.24, 2.45) is 0 Å². The van der Waals surface area contributed by atoms with Gasteiger partial charge in [0.1, 0.15) is 5.83 Å². The zero-order chi connectivity index (χ0) is 8.27. The maximum Gasteiger partial charge on any atom is 0.123 e. The summed E-state index contributed by atoms with van der Waals surface area (Å²) in [7, 11) is 0. The fourth-order valence-corrected chi connectivity index (χ4v) is 1.27. The summed E-state index contributed by atoms with van der Waals surface area (Å²) in [6.45, 7) is 1.87. The summed E-state index contributed by atoms with van der Waals surface area (Å²) in [5.74, 6) is -0.199. The topological polar surface area (TPSA) is 23.8 Å². The highest BCUT2D eigenvalue weighted by molar-refractivity contribution is 5.40. The van der Waals surface area contributed by atoms with E-state index in [0.29, 0.717) is 30.4 Å². The smallest absolute Gasteiger partial charge is 0.123 e. The molecule has 11 heavy (non-hydrogen) atoms. The Balaban J connectivity index is 3.00. The number of rotatable bonds is 1. The Morgan fingerprint density at radius 3 is 2.91 bits per heavy atom. The van der Waals surface area contributed by atoms with Crippen LogP contribution in [-0.2, 0) is 0 Å². The molecule has 1 aliphatic rings. The molecule has 0 aromatic heterocycles. The van der Waals surface area contributed by atoms with Gasteiger partial charge in [-0.15, -0.1) is 0 Å². The highest BCUT2D eigenvalue weighted by Gasteiger charge is 2.13. The number of hydrogen-bond donors (Lipinski definition) is 0. The van der Waals surface area contributed by atoms with E-state index in [0.717, 1.165) is 0 Å². The molecule has 0 saturated carbocycles. The molecular formula is C9H10FN. The van der Waals surface area contributed by atoms with E-state index in [1.807, 2.05) is 13.0 Å². The van der Waals surface area contributed by atoms with Crippen LogP contribution in [0.3, 0.4) is 0 Å². The number of allylic oxidation sites excluding steroid dienone is 4. The van der Waals surface area contributed by atoms with Crippen LogP contribution in [0.25, 0.3) is 0 Å². The van der Waals surface area contributed by atoms with Crippen LogP contribution in [-0.4, -0.2) is 0 Å². The standard InChI is InChI=1S/C9H10FN/c1-2-8-7(6-11)4-3-5-9(8)10/h5H,2-4H2,1H3. The number of nitrogens with zero attached hydrogens (tertiary/aromatic N) is 1. The van der Waals surface area contributed by atoms with Gasteiger partial charge in [0.15, 0.2) is 0 Å². The minimum atomic E-state index is -0.199. The first kappa shape index (κ1) is 8.00. The van der Waals surface area contributed by atoms with Gasteiger partial charge in [-0.05, 0) is 25.3 Å². The van der Waals surface area contributed by atoms with E-state index in [4.69, 9.17) is 5.26 Å². The van der Waals surface area contributed by atoms with Crippen molar-refractivity contribution >= 4 is 0 Å². The third kappa shape index (κ3) is 1.48.